The van der Waals surface area contributed by atoms with Crippen molar-refractivity contribution >= 4 is 33.2 Å². The second-order valence-electron chi connectivity index (χ2n) is 4.04. The molecule has 17 heavy (non-hydrogen) atoms. The second-order valence-corrected chi connectivity index (χ2v) is 4.89. The molecule has 0 aliphatic rings. The molecule has 0 atom stereocenters. The minimum atomic E-state index is -0.932. The number of carbonyl (C=O) groups excluding carboxylic acids is 1. The van der Waals surface area contributed by atoms with Crippen molar-refractivity contribution in [3.05, 3.63) is 32.8 Å². The van der Waals surface area contributed by atoms with E-state index < -0.39 is 16.4 Å². The number of nitrogens with one attached hydrogen (secondary N) is 1. The number of nitro benzene ring substituents is 1. The van der Waals surface area contributed by atoms with Crippen molar-refractivity contribution in [1.82, 2.24) is 0 Å². The Morgan fingerprint density at radius 2 is 2.12 bits per heavy atom. The highest BCUT2D eigenvalue weighted by Gasteiger charge is 2.25. The van der Waals surface area contributed by atoms with E-state index in [0.29, 0.717) is 10.2 Å². The molecule has 0 aliphatic heterocycles. The molecule has 0 bridgehead atoms. The normalized spacial score (nSPS) is 11.0. The van der Waals surface area contributed by atoms with Crippen LogP contribution >= 0.6 is 15.9 Å². The third kappa shape index (κ3) is 3.16. The number of nitrogens with two attached hydrogens (primary N) is 1. The Morgan fingerprint density at radius 3 is 2.53 bits per heavy atom. The van der Waals surface area contributed by atoms with Crippen LogP contribution in [0.15, 0.2) is 22.7 Å². The Labute approximate surface area is 106 Å². The van der Waals surface area contributed by atoms with Crippen LogP contribution in [0.3, 0.4) is 0 Å². The number of halogens is 1. The summed E-state index contributed by atoms with van der Waals surface area (Å²) in [5, 5.41) is 13.5. The van der Waals surface area contributed by atoms with Gasteiger partial charge in [-0.05, 0) is 35.8 Å². The van der Waals surface area contributed by atoms with Crippen LogP contribution in [0.4, 0.5) is 11.4 Å². The van der Waals surface area contributed by atoms with E-state index in [1.807, 2.05) is 0 Å². The minimum absolute atomic E-state index is 0.0284. The van der Waals surface area contributed by atoms with Gasteiger partial charge < -0.3 is 11.1 Å². The Balaban J connectivity index is 3.02. The Bertz CT molecular complexity index is 474. The van der Waals surface area contributed by atoms with Gasteiger partial charge in [-0.15, -0.1) is 0 Å². The van der Waals surface area contributed by atoms with Gasteiger partial charge in [-0.3, -0.25) is 14.9 Å². The fraction of sp³-hybridized carbons (Fsp3) is 0.300. The number of benzene rings is 1. The van der Waals surface area contributed by atoms with E-state index in [9.17, 15) is 14.9 Å². The number of hydrogen-bond acceptors (Lipinski definition) is 4. The Hall–Kier alpha value is -1.63. The van der Waals surface area contributed by atoms with Crippen molar-refractivity contribution < 1.29 is 9.72 Å². The minimum Gasteiger partial charge on any atom is -0.371 e. The first-order chi connectivity index (χ1) is 7.74. The molecule has 92 valence electrons. The molecular formula is C10H12BrN3O3. The lowest BCUT2D eigenvalue weighted by molar-refractivity contribution is -0.384. The van der Waals surface area contributed by atoms with Crippen molar-refractivity contribution in [2.24, 2.45) is 5.73 Å². The maximum Gasteiger partial charge on any atom is 0.270 e. The van der Waals surface area contributed by atoms with E-state index in [1.165, 1.54) is 18.2 Å². The van der Waals surface area contributed by atoms with Gasteiger partial charge in [0.05, 0.1) is 4.92 Å². The van der Waals surface area contributed by atoms with Crippen molar-refractivity contribution in [2.75, 3.05) is 5.32 Å². The van der Waals surface area contributed by atoms with Crippen LogP contribution in [0.2, 0.25) is 0 Å². The molecule has 0 radical (unpaired) electrons. The SMILES string of the molecule is CC(C)(Nc1ccc([N+](=O)[O-])cc1Br)C(N)=O. The molecule has 1 aromatic carbocycles. The van der Waals surface area contributed by atoms with E-state index in [2.05, 4.69) is 21.2 Å². The van der Waals surface area contributed by atoms with Gasteiger partial charge in [-0.2, -0.15) is 0 Å². The average Bonchev–Trinajstić information content (AvgIpc) is 2.20. The molecule has 1 aromatic rings. The van der Waals surface area contributed by atoms with Crippen LogP contribution in [0.1, 0.15) is 13.8 Å². The molecular weight excluding hydrogens is 290 g/mol. The van der Waals surface area contributed by atoms with Crippen molar-refractivity contribution in [1.29, 1.82) is 0 Å². The molecule has 6 nitrogen and oxygen atoms in total. The predicted molar refractivity (Wildman–Crippen MR) is 67.7 cm³/mol. The number of nitrogens with zero attached hydrogens (tertiary/aromatic N) is 1. The summed E-state index contributed by atoms with van der Waals surface area (Å²) in [6.07, 6.45) is 0. The molecule has 1 amide bonds. The van der Waals surface area contributed by atoms with Crippen LogP contribution in [0, 0.1) is 10.1 Å². The maximum absolute atomic E-state index is 11.1. The number of nitro groups is 1. The summed E-state index contributed by atoms with van der Waals surface area (Å²) < 4.78 is 0.501. The third-order valence-corrected chi connectivity index (χ3v) is 2.88. The van der Waals surface area contributed by atoms with E-state index >= 15 is 0 Å². The summed E-state index contributed by atoms with van der Waals surface area (Å²) in [7, 11) is 0. The topological polar surface area (TPSA) is 98.3 Å². The molecule has 0 aromatic heterocycles. The monoisotopic (exact) mass is 301 g/mol. The molecule has 0 spiro atoms. The molecule has 1 rings (SSSR count). The largest absolute Gasteiger partial charge is 0.371 e. The van der Waals surface area contributed by atoms with E-state index in [-0.39, 0.29) is 5.69 Å². The van der Waals surface area contributed by atoms with Crippen molar-refractivity contribution in [2.45, 2.75) is 19.4 Å². The molecule has 0 aliphatic carbocycles. The van der Waals surface area contributed by atoms with Crippen LogP contribution < -0.4 is 11.1 Å². The van der Waals surface area contributed by atoms with E-state index in [1.54, 1.807) is 13.8 Å². The number of carbonyl (C=O) groups is 1. The lowest BCUT2D eigenvalue weighted by atomic mass is 10.0. The van der Waals surface area contributed by atoms with Gasteiger partial charge in [-0.1, -0.05) is 0 Å². The van der Waals surface area contributed by atoms with Crippen LogP contribution in [-0.2, 0) is 4.79 Å². The van der Waals surface area contributed by atoms with Crippen LogP contribution in [0.5, 0.6) is 0 Å². The number of primary amides is 1. The van der Waals surface area contributed by atoms with E-state index in [0.717, 1.165) is 0 Å². The first kappa shape index (κ1) is 13.4. The number of amides is 1. The summed E-state index contributed by atoms with van der Waals surface area (Å²) in [4.78, 5) is 21.2. The molecule has 0 saturated carbocycles. The zero-order valence-electron chi connectivity index (χ0n) is 9.36. The van der Waals surface area contributed by atoms with Gasteiger partial charge in [-0.25, -0.2) is 0 Å². The number of hydrogen-bond donors (Lipinski definition) is 2. The van der Waals surface area contributed by atoms with Crippen molar-refractivity contribution in [3.8, 4) is 0 Å². The molecule has 0 saturated heterocycles. The first-order valence-electron chi connectivity index (χ1n) is 4.76. The average molecular weight is 302 g/mol. The molecule has 0 unspecified atom stereocenters. The van der Waals surface area contributed by atoms with Gasteiger partial charge in [0.1, 0.15) is 5.54 Å². The highest BCUT2D eigenvalue weighted by molar-refractivity contribution is 9.10. The zero-order valence-corrected chi connectivity index (χ0v) is 10.9. The fourth-order valence-electron chi connectivity index (χ4n) is 1.12. The van der Waals surface area contributed by atoms with E-state index in [4.69, 9.17) is 5.73 Å². The molecule has 0 heterocycles. The smallest absolute Gasteiger partial charge is 0.270 e. The Morgan fingerprint density at radius 1 is 1.53 bits per heavy atom. The van der Waals surface area contributed by atoms with Crippen LogP contribution in [0.25, 0.3) is 0 Å². The third-order valence-electron chi connectivity index (χ3n) is 2.23. The molecule has 0 fully saturated rings. The number of anilines is 1. The summed E-state index contributed by atoms with van der Waals surface area (Å²) in [6.45, 7) is 3.26. The van der Waals surface area contributed by atoms with Gasteiger partial charge in [0.2, 0.25) is 5.91 Å². The second kappa shape index (κ2) is 4.70. The Kier molecular flexibility index (Phi) is 3.72. The maximum atomic E-state index is 11.1. The van der Waals surface area contributed by atoms with Gasteiger partial charge in [0.15, 0.2) is 0 Å². The lowest BCUT2D eigenvalue weighted by Gasteiger charge is -2.24. The first-order valence-corrected chi connectivity index (χ1v) is 5.55. The van der Waals surface area contributed by atoms with Gasteiger partial charge >= 0.3 is 0 Å². The standard InChI is InChI=1S/C10H12BrN3O3/c1-10(2,9(12)15)13-8-4-3-6(14(16)17)5-7(8)11/h3-5,13H,1-2H3,(H2,12,15). The zero-order chi connectivity index (χ0) is 13.2. The summed E-state index contributed by atoms with van der Waals surface area (Å²) in [5.74, 6) is -0.511. The quantitative estimate of drug-likeness (QED) is 0.656. The number of non-ortho nitro benzene ring substituents is 1. The fourth-order valence-corrected chi connectivity index (χ4v) is 1.58. The van der Waals surface area contributed by atoms with Crippen molar-refractivity contribution in [3.63, 3.8) is 0 Å². The van der Waals surface area contributed by atoms with Gasteiger partial charge in [0.25, 0.3) is 5.69 Å². The summed E-state index contributed by atoms with van der Waals surface area (Å²) in [5.41, 5.74) is 4.83. The predicted octanol–water partition coefficient (Wildman–Crippen LogP) is 2.03. The molecule has 7 heteroatoms. The highest BCUT2D eigenvalue weighted by Crippen LogP contribution is 2.29. The van der Waals surface area contributed by atoms with Crippen LogP contribution in [-0.4, -0.2) is 16.4 Å². The number of rotatable bonds is 4. The summed E-state index contributed by atoms with van der Waals surface area (Å²) in [6, 6.07) is 4.23. The summed E-state index contributed by atoms with van der Waals surface area (Å²) >= 11 is 3.20. The lowest BCUT2D eigenvalue weighted by Crippen LogP contribution is -2.45. The molecule has 3 N–H and O–H groups in total. The highest BCUT2D eigenvalue weighted by atomic mass is 79.9. The van der Waals surface area contributed by atoms with Gasteiger partial charge in [0, 0.05) is 22.3 Å².